The minimum Gasteiger partial charge on any atom is -0.299 e. The van der Waals surface area contributed by atoms with Crippen molar-refractivity contribution in [3.8, 4) is 0 Å². The minimum atomic E-state index is 0.196. The third-order valence-electron chi connectivity index (χ3n) is 3.00. The summed E-state index contributed by atoms with van der Waals surface area (Å²) in [6.07, 6.45) is 5.81. The average molecular weight is 138 g/mol. The highest BCUT2D eigenvalue weighted by Gasteiger charge is 2.52. The zero-order valence-corrected chi connectivity index (χ0v) is 6.52. The molecular formula is C9H14O. The normalized spacial score (nSPS) is 28.1. The third kappa shape index (κ3) is 0.799. The van der Waals surface area contributed by atoms with E-state index in [9.17, 15) is 4.79 Å². The first-order chi connectivity index (χ1) is 4.78. The molecule has 0 saturated heterocycles. The lowest BCUT2D eigenvalue weighted by Gasteiger charge is -2.08. The van der Waals surface area contributed by atoms with Gasteiger partial charge in [0.25, 0.3) is 0 Å². The van der Waals surface area contributed by atoms with E-state index in [2.05, 4.69) is 6.92 Å². The number of hydrogen-bond donors (Lipinski definition) is 0. The van der Waals surface area contributed by atoms with Crippen LogP contribution in [0.25, 0.3) is 0 Å². The fourth-order valence-corrected chi connectivity index (χ4v) is 1.70. The topological polar surface area (TPSA) is 17.1 Å². The van der Waals surface area contributed by atoms with Crippen molar-refractivity contribution in [1.82, 2.24) is 0 Å². The van der Waals surface area contributed by atoms with E-state index in [1.165, 1.54) is 25.7 Å². The molecule has 0 N–H and O–H groups in total. The quantitative estimate of drug-likeness (QED) is 0.584. The molecule has 0 unspecified atom stereocenters. The van der Waals surface area contributed by atoms with Crippen LogP contribution >= 0.6 is 0 Å². The van der Waals surface area contributed by atoms with Crippen molar-refractivity contribution in [3.63, 3.8) is 0 Å². The molecule has 0 aromatic rings. The highest BCUT2D eigenvalue weighted by atomic mass is 16.1. The van der Waals surface area contributed by atoms with E-state index in [0.717, 1.165) is 6.42 Å². The number of carbonyl (C=O) groups excluding carboxylic acids is 1. The summed E-state index contributed by atoms with van der Waals surface area (Å²) < 4.78 is 0. The van der Waals surface area contributed by atoms with Crippen LogP contribution in [-0.4, -0.2) is 5.78 Å². The molecule has 0 bridgehead atoms. The van der Waals surface area contributed by atoms with E-state index < -0.39 is 0 Å². The Hall–Kier alpha value is -0.330. The van der Waals surface area contributed by atoms with Gasteiger partial charge in [-0.1, -0.05) is 6.92 Å². The summed E-state index contributed by atoms with van der Waals surface area (Å²) in [6, 6.07) is 0. The first-order valence-electron chi connectivity index (χ1n) is 4.33. The number of rotatable bonds is 3. The van der Waals surface area contributed by atoms with Gasteiger partial charge in [0.05, 0.1) is 0 Å². The summed E-state index contributed by atoms with van der Waals surface area (Å²) in [5.74, 6) is 1.08. The fourth-order valence-electron chi connectivity index (χ4n) is 1.70. The van der Waals surface area contributed by atoms with Crippen LogP contribution in [0.5, 0.6) is 0 Å². The lowest BCUT2D eigenvalue weighted by molar-refractivity contribution is -0.125. The second kappa shape index (κ2) is 1.84. The Labute approximate surface area is 61.8 Å². The van der Waals surface area contributed by atoms with E-state index in [0.29, 0.717) is 11.7 Å². The number of Topliss-reactive ketones (excluding diaryl/α,β-unsaturated/α-hetero) is 1. The van der Waals surface area contributed by atoms with E-state index in [1.54, 1.807) is 0 Å². The number of ketones is 1. The van der Waals surface area contributed by atoms with Gasteiger partial charge in [-0.15, -0.1) is 0 Å². The Balaban J connectivity index is 2.02. The van der Waals surface area contributed by atoms with Crippen LogP contribution in [0.4, 0.5) is 0 Å². The first-order valence-corrected chi connectivity index (χ1v) is 4.33. The van der Waals surface area contributed by atoms with Crippen molar-refractivity contribution in [3.05, 3.63) is 0 Å². The lowest BCUT2D eigenvalue weighted by atomic mass is 9.95. The molecule has 0 aromatic heterocycles. The van der Waals surface area contributed by atoms with Gasteiger partial charge in [0.1, 0.15) is 5.78 Å². The second-order valence-corrected chi connectivity index (χ2v) is 3.77. The molecule has 0 radical (unpaired) electrons. The van der Waals surface area contributed by atoms with Gasteiger partial charge in [-0.25, -0.2) is 0 Å². The molecule has 1 heteroatoms. The Kier molecular flexibility index (Phi) is 1.17. The molecule has 0 atom stereocenters. The second-order valence-electron chi connectivity index (χ2n) is 3.77. The summed E-state index contributed by atoms with van der Waals surface area (Å²) in [5.41, 5.74) is 0.196. The van der Waals surface area contributed by atoms with Crippen molar-refractivity contribution >= 4 is 5.78 Å². The zero-order chi connectivity index (χ0) is 7.19. The molecule has 10 heavy (non-hydrogen) atoms. The van der Waals surface area contributed by atoms with Crippen LogP contribution in [0.3, 0.4) is 0 Å². The van der Waals surface area contributed by atoms with E-state index in [-0.39, 0.29) is 5.41 Å². The Morgan fingerprint density at radius 2 is 2.10 bits per heavy atom. The highest BCUT2D eigenvalue weighted by molar-refractivity contribution is 5.91. The summed E-state index contributed by atoms with van der Waals surface area (Å²) in [7, 11) is 0. The van der Waals surface area contributed by atoms with Gasteiger partial charge in [0.2, 0.25) is 0 Å². The lowest BCUT2D eigenvalue weighted by Crippen LogP contribution is -2.16. The van der Waals surface area contributed by atoms with Crippen LogP contribution in [0.1, 0.15) is 39.0 Å². The number of carbonyl (C=O) groups is 1. The molecule has 56 valence electrons. The predicted molar refractivity (Wildman–Crippen MR) is 39.7 cm³/mol. The van der Waals surface area contributed by atoms with E-state index in [1.807, 2.05) is 0 Å². The molecule has 0 heterocycles. The first kappa shape index (κ1) is 6.38. The summed E-state index contributed by atoms with van der Waals surface area (Å²) in [6.45, 7) is 2.15. The van der Waals surface area contributed by atoms with Crippen LogP contribution in [0.15, 0.2) is 0 Å². The molecule has 2 saturated carbocycles. The van der Waals surface area contributed by atoms with Crippen LogP contribution in [-0.2, 0) is 4.79 Å². The van der Waals surface area contributed by atoms with Gasteiger partial charge in [-0.2, -0.15) is 0 Å². The van der Waals surface area contributed by atoms with Crippen molar-refractivity contribution in [2.45, 2.75) is 39.0 Å². The highest BCUT2D eigenvalue weighted by Crippen LogP contribution is 2.54. The van der Waals surface area contributed by atoms with Gasteiger partial charge in [0.15, 0.2) is 0 Å². The van der Waals surface area contributed by atoms with Crippen molar-refractivity contribution in [2.75, 3.05) is 0 Å². The van der Waals surface area contributed by atoms with Gasteiger partial charge in [-0.3, -0.25) is 4.79 Å². The molecule has 0 amide bonds. The van der Waals surface area contributed by atoms with Gasteiger partial charge in [-0.05, 0) is 32.1 Å². The Bertz CT molecular complexity index is 164. The fraction of sp³-hybridized carbons (Fsp3) is 0.889. The van der Waals surface area contributed by atoms with Crippen LogP contribution in [0.2, 0.25) is 0 Å². The van der Waals surface area contributed by atoms with Crippen LogP contribution in [0, 0.1) is 11.3 Å². The maximum absolute atomic E-state index is 11.5. The average Bonchev–Trinajstić information content (AvgIpc) is 2.84. The minimum absolute atomic E-state index is 0.196. The van der Waals surface area contributed by atoms with Crippen molar-refractivity contribution < 1.29 is 4.79 Å². The van der Waals surface area contributed by atoms with E-state index >= 15 is 0 Å². The van der Waals surface area contributed by atoms with E-state index in [4.69, 9.17) is 0 Å². The third-order valence-corrected chi connectivity index (χ3v) is 3.00. The maximum Gasteiger partial charge on any atom is 0.142 e. The standard InChI is InChI=1S/C9H14O/c1-2-9(5-6-9)8(10)7-3-4-7/h7H,2-6H2,1H3. The smallest absolute Gasteiger partial charge is 0.142 e. The Morgan fingerprint density at radius 3 is 2.40 bits per heavy atom. The molecule has 0 aliphatic heterocycles. The van der Waals surface area contributed by atoms with Crippen molar-refractivity contribution in [2.24, 2.45) is 11.3 Å². The van der Waals surface area contributed by atoms with Gasteiger partial charge < -0.3 is 0 Å². The molecule has 2 rings (SSSR count). The predicted octanol–water partition coefficient (Wildman–Crippen LogP) is 2.16. The largest absolute Gasteiger partial charge is 0.299 e. The molecular weight excluding hydrogens is 124 g/mol. The summed E-state index contributed by atoms with van der Waals surface area (Å²) >= 11 is 0. The molecule has 2 aliphatic carbocycles. The Morgan fingerprint density at radius 1 is 1.50 bits per heavy atom. The molecule has 0 aromatic carbocycles. The molecule has 2 aliphatic rings. The SMILES string of the molecule is CCC1(C(=O)C2CC2)CC1. The monoisotopic (exact) mass is 138 g/mol. The number of hydrogen-bond acceptors (Lipinski definition) is 1. The molecule has 1 nitrogen and oxygen atoms in total. The molecule has 2 fully saturated rings. The zero-order valence-electron chi connectivity index (χ0n) is 6.52. The summed E-state index contributed by atoms with van der Waals surface area (Å²) in [4.78, 5) is 11.5. The van der Waals surface area contributed by atoms with Crippen molar-refractivity contribution in [1.29, 1.82) is 0 Å². The van der Waals surface area contributed by atoms with Crippen LogP contribution < -0.4 is 0 Å². The maximum atomic E-state index is 11.5. The van der Waals surface area contributed by atoms with Gasteiger partial charge in [0, 0.05) is 11.3 Å². The van der Waals surface area contributed by atoms with Gasteiger partial charge >= 0.3 is 0 Å². The molecule has 0 spiro atoms. The summed E-state index contributed by atoms with van der Waals surface area (Å²) in [5, 5.41) is 0.